The van der Waals surface area contributed by atoms with E-state index in [1.165, 1.54) is 0 Å². The first-order chi connectivity index (χ1) is 6.22. The molecule has 0 aromatic heterocycles. The van der Waals surface area contributed by atoms with Crippen LogP contribution in [-0.2, 0) is 6.42 Å². The molecule has 1 atom stereocenters. The lowest BCUT2D eigenvalue weighted by Crippen LogP contribution is -2.26. The van der Waals surface area contributed by atoms with Crippen molar-refractivity contribution in [3.8, 4) is 5.75 Å². The van der Waals surface area contributed by atoms with Crippen LogP contribution in [-0.4, -0.2) is 18.9 Å². The molecule has 3 heteroatoms. The summed E-state index contributed by atoms with van der Waals surface area (Å²) in [5, 5.41) is 0. The minimum Gasteiger partial charge on any atom is -0.497 e. The van der Waals surface area contributed by atoms with E-state index in [1.54, 1.807) is 19.2 Å². The molecule has 1 aromatic carbocycles. The molecule has 68 valence electrons. The normalized spacial score (nSPS) is 20.2. The number of hydrogen-bond acceptors (Lipinski definition) is 3. The molecule has 0 unspecified atom stereocenters. The fourth-order valence-electron chi connectivity index (χ4n) is 1.64. The molecule has 0 saturated carbocycles. The number of carbonyl (C=O) groups is 1. The Morgan fingerprint density at radius 2 is 2.31 bits per heavy atom. The van der Waals surface area contributed by atoms with E-state index < -0.39 is 0 Å². The fraction of sp³-hybridized carbons (Fsp3) is 0.300. The van der Waals surface area contributed by atoms with Gasteiger partial charge in [-0.2, -0.15) is 0 Å². The summed E-state index contributed by atoms with van der Waals surface area (Å²) in [4.78, 5) is 11.4. The standard InChI is InChI=1S/C10H11NO2/c1-13-7-2-3-8-6(4-7)5-9(11)10(8)12/h2-4,9H,5,11H2,1H3/t9-/m1/s1. The highest BCUT2D eigenvalue weighted by atomic mass is 16.5. The molecule has 0 spiro atoms. The third kappa shape index (κ3) is 1.21. The number of methoxy groups -OCH3 is 1. The molecule has 2 N–H and O–H groups in total. The third-order valence-electron chi connectivity index (χ3n) is 2.35. The van der Waals surface area contributed by atoms with Gasteiger partial charge in [0.25, 0.3) is 0 Å². The van der Waals surface area contributed by atoms with Crippen molar-refractivity contribution in [3.63, 3.8) is 0 Å². The predicted molar refractivity (Wildman–Crippen MR) is 49.0 cm³/mol. The number of rotatable bonds is 1. The molecular weight excluding hydrogens is 166 g/mol. The minimum atomic E-state index is -0.359. The number of ether oxygens (including phenoxy) is 1. The van der Waals surface area contributed by atoms with Gasteiger partial charge >= 0.3 is 0 Å². The van der Waals surface area contributed by atoms with Crippen LogP contribution in [0.5, 0.6) is 5.75 Å². The van der Waals surface area contributed by atoms with Crippen LogP contribution in [0, 0.1) is 0 Å². The highest BCUT2D eigenvalue weighted by molar-refractivity contribution is 6.04. The summed E-state index contributed by atoms with van der Waals surface area (Å²) in [5.74, 6) is 0.818. The fourth-order valence-corrected chi connectivity index (χ4v) is 1.64. The second-order valence-corrected chi connectivity index (χ2v) is 3.20. The summed E-state index contributed by atoms with van der Waals surface area (Å²) in [6, 6.07) is 5.08. The quantitative estimate of drug-likeness (QED) is 0.689. The Hall–Kier alpha value is -1.35. The van der Waals surface area contributed by atoms with Gasteiger partial charge in [-0.1, -0.05) is 0 Å². The van der Waals surface area contributed by atoms with Crippen LogP contribution in [0.2, 0.25) is 0 Å². The first-order valence-corrected chi connectivity index (χ1v) is 4.19. The van der Waals surface area contributed by atoms with Gasteiger partial charge in [0, 0.05) is 5.56 Å². The number of hydrogen-bond donors (Lipinski definition) is 1. The maximum absolute atomic E-state index is 11.4. The van der Waals surface area contributed by atoms with Crippen LogP contribution in [0.3, 0.4) is 0 Å². The molecule has 0 bridgehead atoms. The van der Waals surface area contributed by atoms with Gasteiger partial charge in [-0.3, -0.25) is 4.79 Å². The predicted octanol–water partition coefficient (Wildman–Crippen LogP) is 0.761. The lowest BCUT2D eigenvalue weighted by atomic mass is 10.1. The van der Waals surface area contributed by atoms with Crippen LogP contribution in [0.25, 0.3) is 0 Å². The van der Waals surface area contributed by atoms with Crippen molar-refractivity contribution >= 4 is 5.78 Å². The van der Waals surface area contributed by atoms with Crippen LogP contribution in [0.4, 0.5) is 0 Å². The van der Waals surface area contributed by atoms with Crippen LogP contribution < -0.4 is 10.5 Å². The molecule has 0 saturated heterocycles. The maximum Gasteiger partial charge on any atom is 0.180 e. The van der Waals surface area contributed by atoms with Gasteiger partial charge in [-0.25, -0.2) is 0 Å². The highest BCUT2D eigenvalue weighted by Crippen LogP contribution is 2.25. The number of ketones is 1. The Labute approximate surface area is 76.5 Å². The molecule has 0 aliphatic heterocycles. The summed E-state index contributed by atoms with van der Waals surface area (Å²) in [5.41, 5.74) is 7.37. The second kappa shape index (κ2) is 2.85. The van der Waals surface area contributed by atoms with E-state index in [9.17, 15) is 4.79 Å². The van der Waals surface area contributed by atoms with Crippen molar-refractivity contribution in [2.24, 2.45) is 5.73 Å². The Balaban J connectivity index is 2.46. The van der Waals surface area contributed by atoms with Crippen LogP contribution in [0.15, 0.2) is 18.2 Å². The zero-order valence-corrected chi connectivity index (χ0v) is 7.41. The number of fused-ring (bicyclic) bond motifs is 1. The maximum atomic E-state index is 11.4. The molecule has 13 heavy (non-hydrogen) atoms. The highest BCUT2D eigenvalue weighted by Gasteiger charge is 2.27. The molecule has 2 rings (SSSR count). The molecule has 1 aromatic rings. The summed E-state index contributed by atoms with van der Waals surface area (Å²) in [6.45, 7) is 0. The van der Waals surface area contributed by atoms with Gasteiger partial charge in [-0.15, -0.1) is 0 Å². The lowest BCUT2D eigenvalue weighted by molar-refractivity contribution is 0.0974. The van der Waals surface area contributed by atoms with Gasteiger partial charge in [0.05, 0.1) is 13.2 Å². The van der Waals surface area contributed by atoms with Gasteiger partial charge in [0.15, 0.2) is 5.78 Å². The second-order valence-electron chi connectivity index (χ2n) is 3.20. The monoisotopic (exact) mass is 177 g/mol. The van der Waals surface area contributed by atoms with E-state index in [4.69, 9.17) is 10.5 Å². The molecule has 1 aliphatic rings. The SMILES string of the molecule is COc1ccc2c(c1)C[C@@H](N)C2=O. The number of Topliss-reactive ketones (excluding diaryl/α,β-unsaturated/α-hetero) is 1. The summed E-state index contributed by atoms with van der Waals surface area (Å²) in [7, 11) is 1.61. The van der Waals surface area contributed by atoms with Crippen molar-refractivity contribution in [2.45, 2.75) is 12.5 Å². The van der Waals surface area contributed by atoms with Gasteiger partial charge in [-0.05, 0) is 30.2 Å². The molecule has 0 fully saturated rings. The third-order valence-corrected chi connectivity index (χ3v) is 2.35. The van der Waals surface area contributed by atoms with Crippen molar-refractivity contribution in [3.05, 3.63) is 29.3 Å². The number of nitrogens with two attached hydrogens (primary N) is 1. The van der Waals surface area contributed by atoms with Crippen molar-refractivity contribution in [1.82, 2.24) is 0 Å². The van der Waals surface area contributed by atoms with E-state index in [-0.39, 0.29) is 11.8 Å². The Bertz CT molecular complexity index is 360. The van der Waals surface area contributed by atoms with Gasteiger partial charge in [0.1, 0.15) is 5.75 Å². The summed E-state index contributed by atoms with van der Waals surface area (Å²) in [6.07, 6.45) is 0.630. The first kappa shape index (κ1) is 8.26. The average Bonchev–Trinajstić information content (AvgIpc) is 2.42. The van der Waals surface area contributed by atoms with Crippen molar-refractivity contribution in [2.75, 3.05) is 7.11 Å². The summed E-state index contributed by atoms with van der Waals surface area (Å²) < 4.78 is 5.06. The van der Waals surface area contributed by atoms with E-state index in [1.807, 2.05) is 6.07 Å². The van der Waals surface area contributed by atoms with E-state index >= 15 is 0 Å². The van der Waals surface area contributed by atoms with E-state index in [0.717, 1.165) is 16.9 Å². The molecule has 0 heterocycles. The first-order valence-electron chi connectivity index (χ1n) is 4.19. The van der Waals surface area contributed by atoms with Crippen LogP contribution >= 0.6 is 0 Å². The number of benzene rings is 1. The average molecular weight is 177 g/mol. The minimum absolute atomic E-state index is 0.0395. The molecule has 0 amide bonds. The molecule has 0 radical (unpaired) electrons. The smallest absolute Gasteiger partial charge is 0.180 e. The zero-order chi connectivity index (χ0) is 9.42. The van der Waals surface area contributed by atoms with E-state index in [2.05, 4.69) is 0 Å². The summed E-state index contributed by atoms with van der Waals surface area (Å²) >= 11 is 0. The lowest BCUT2D eigenvalue weighted by Gasteiger charge is -2.01. The largest absolute Gasteiger partial charge is 0.497 e. The molecular formula is C10H11NO2. The Morgan fingerprint density at radius 1 is 1.54 bits per heavy atom. The topological polar surface area (TPSA) is 52.3 Å². The van der Waals surface area contributed by atoms with Crippen molar-refractivity contribution in [1.29, 1.82) is 0 Å². The molecule has 3 nitrogen and oxygen atoms in total. The van der Waals surface area contributed by atoms with E-state index in [0.29, 0.717) is 6.42 Å². The Kier molecular flexibility index (Phi) is 1.81. The van der Waals surface area contributed by atoms with Crippen molar-refractivity contribution < 1.29 is 9.53 Å². The van der Waals surface area contributed by atoms with Gasteiger partial charge in [0.2, 0.25) is 0 Å². The Morgan fingerprint density at radius 3 is 3.00 bits per heavy atom. The molecule has 1 aliphatic carbocycles. The van der Waals surface area contributed by atoms with Crippen LogP contribution in [0.1, 0.15) is 15.9 Å². The zero-order valence-electron chi connectivity index (χ0n) is 7.41. The number of carbonyl (C=O) groups excluding carboxylic acids is 1. The van der Waals surface area contributed by atoms with Gasteiger partial charge < -0.3 is 10.5 Å².